The summed E-state index contributed by atoms with van der Waals surface area (Å²) in [7, 11) is 1.44. The van der Waals surface area contributed by atoms with Gasteiger partial charge in [0.2, 0.25) is 0 Å². The van der Waals surface area contributed by atoms with Crippen LogP contribution in [0.4, 0.5) is 0 Å². The molecule has 2 aliphatic heterocycles. The van der Waals surface area contributed by atoms with Crippen molar-refractivity contribution in [2.45, 2.75) is 71.2 Å². The predicted octanol–water partition coefficient (Wildman–Crippen LogP) is 3.68. The van der Waals surface area contributed by atoms with Gasteiger partial charge in [0.15, 0.2) is 5.79 Å². The first-order chi connectivity index (χ1) is 11.7. The van der Waals surface area contributed by atoms with Crippen LogP contribution in [0.2, 0.25) is 0 Å². The van der Waals surface area contributed by atoms with E-state index in [0.29, 0.717) is 23.3 Å². The second kappa shape index (κ2) is 5.32. The quantitative estimate of drug-likeness (QED) is 0.774. The molecule has 3 fully saturated rings. The van der Waals surface area contributed by atoms with E-state index in [0.717, 1.165) is 25.7 Å². The second-order valence-corrected chi connectivity index (χ2v) is 9.67. The summed E-state index contributed by atoms with van der Waals surface area (Å²) < 4.78 is 11.8. The molecule has 1 spiro atoms. The highest BCUT2D eigenvalue weighted by Gasteiger charge is 2.73. The normalized spacial score (nSPS) is 51.1. The number of ether oxygens (including phenoxy) is 2. The Hall–Kier alpha value is -0.870. The maximum Gasteiger partial charge on any atom is 0.334 e. The molecule has 25 heavy (non-hydrogen) atoms. The molecule has 5 rings (SSSR count). The number of aliphatic hydroxyl groups is 1. The Balaban J connectivity index is 1.92. The number of esters is 1. The van der Waals surface area contributed by atoms with Crippen LogP contribution < -0.4 is 0 Å². The minimum atomic E-state index is -1.26. The lowest BCUT2D eigenvalue weighted by Crippen LogP contribution is -2.75. The van der Waals surface area contributed by atoms with Crippen LogP contribution in [-0.2, 0) is 14.3 Å². The average Bonchev–Trinajstić information content (AvgIpc) is 2.51. The summed E-state index contributed by atoms with van der Waals surface area (Å²) in [6.07, 6.45) is 7.24. The molecule has 140 valence electrons. The van der Waals surface area contributed by atoms with Gasteiger partial charge in [0.05, 0.1) is 18.6 Å². The minimum Gasteiger partial charge on any atom is -0.466 e. The van der Waals surface area contributed by atoms with E-state index < -0.39 is 11.4 Å². The van der Waals surface area contributed by atoms with Crippen LogP contribution in [0, 0.1) is 35.0 Å². The largest absolute Gasteiger partial charge is 0.466 e. The lowest BCUT2D eigenvalue weighted by Gasteiger charge is -2.71. The number of rotatable bonds is 2. The number of carbonyl (C=O) groups excluding carboxylic acids is 1. The molecule has 1 saturated heterocycles. The molecule has 7 unspecified atom stereocenters. The predicted molar refractivity (Wildman–Crippen MR) is 94.5 cm³/mol. The van der Waals surface area contributed by atoms with E-state index in [1.54, 1.807) is 0 Å². The van der Waals surface area contributed by atoms with Crippen molar-refractivity contribution in [3.8, 4) is 0 Å². The maximum atomic E-state index is 12.6. The molecular weight excluding hydrogens is 316 g/mol. The molecule has 0 aromatic carbocycles. The van der Waals surface area contributed by atoms with Crippen LogP contribution in [0.15, 0.2) is 11.6 Å². The highest BCUT2D eigenvalue weighted by Crippen LogP contribution is 2.70. The van der Waals surface area contributed by atoms with E-state index in [1.807, 2.05) is 6.08 Å². The summed E-state index contributed by atoms with van der Waals surface area (Å²) in [5.74, 6) is -0.563. The Bertz CT molecular complexity index is 625. The maximum absolute atomic E-state index is 12.6. The summed E-state index contributed by atoms with van der Waals surface area (Å²) in [6.45, 7) is 8.84. The van der Waals surface area contributed by atoms with Gasteiger partial charge in [-0.1, -0.05) is 34.1 Å². The van der Waals surface area contributed by atoms with Crippen molar-refractivity contribution < 1.29 is 19.4 Å². The Morgan fingerprint density at radius 2 is 2.08 bits per heavy atom. The lowest BCUT2D eigenvalue weighted by molar-refractivity contribution is -0.404. The van der Waals surface area contributed by atoms with E-state index in [9.17, 15) is 9.90 Å². The van der Waals surface area contributed by atoms with Gasteiger partial charge in [-0.25, -0.2) is 4.79 Å². The van der Waals surface area contributed by atoms with Crippen molar-refractivity contribution in [3.05, 3.63) is 11.6 Å². The van der Waals surface area contributed by atoms with E-state index in [4.69, 9.17) is 9.47 Å². The highest BCUT2D eigenvalue weighted by atomic mass is 16.6. The fraction of sp³-hybridized carbons (Fsp3) is 0.857. The Kier molecular flexibility index (Phi) is 3.73. The van der Waals surface area contributed by atoms with E-state index in [2.05, 4.69) is 27.7 Å². The van der Waals surface area contributed by atoms with Crippen molar-refractivity contribution in [2.24, 2.45) is 35.0 Å². The SMILES string of the molecule is COC(=O)C1=CC23CC(C)CCC2C2(C)CCC(C(C)C)C(O)(O3)C12. The van der Waals surface area contributed by atoms with Crippen molar-refractivity contribution in [1.29, 1.82) is 0 Å². The minimum absolute atomic E-state index is 0.0500. The van der Waals surface area contributed by atoms with Crippen LogP contribution in [-0.4, -0.2) is 29.6 Å². The standard InChI is InChI=1S/C21H32O4/c1-12(2)15-8-9-19(4)16-7-6-13(3)10-20(16)11-14(18(22)24-5)17(19)21(15,23)25-20/h11-13,15-17,23H,6-10H2,1-5H3. The summed E-state index contributed by atoms with van der Waals surface area (Å²) in [4.78, 5) is 12.6. The summed E-state index contributed by atoms with van der Waals surface area (Å²) in [6, 6.07) is 0. The second-order valence-electron chi connectivity index (χ2n) is 9.67. The fourth-order valence-electron chi connectivity index (χ4n) is 7.02. The van der Waals surface area contributed by atoms with Gasteiger partial charge in [-0.2, -0.15) is 0 Å². The van der Waals surface area contributed by atoms with Crippen molar-refractivity contribution in [3.63, 3.8) is 0 Å². The lowest BCUT2D eigenvalue weighted by atomic mass is 9.42. The monoisotopic (exact) mass is 348 g/mol. The first kappa shape index (κ1) is 17.5. The molecule has 4 heteroatoms. The van der Waals surface area contributed by atoms with Crippen LogP contribution in [0.25, 0.3) is 0 Å². The molecule has 1 N–H and O–H groups in total. The van der Waals surface area contributed by atoms with E-state index >= 15 is 0 Å². The molecule has 2 heterocycles. The van der Waals surface area contributed by atoms with Gasteiger partial charge in [-0.3, -0.25) is 0 Å². The summed E-state index contributed by atoms with van der Waals surface area (Å²) >= 11 is 0. The molecule has 4 bridgehead atoms. The number of methoxy groups -OCH3 is 1. The first-order valence-corrected chi connectivity index (χ1v) is 9.91. The van der Waals surface area contributed by atoms with Gasteiger partial charge in [0, 0.05) is 11.5 Å². The van der Waals surface area contributed by atoms with Crippen LogP contribution in [0.1, 0.15) is 59.8 Å². The van der Waals surface area contributed by atoms with E-state index in [1.165, 1.54) is 13.5 Å². The van der Waals surface area contributed by atoms with Gasteiger partial charge < -0.3 is 14.6 Å². The zero-order valence-electron chi connectivity index (χ0n) is 16.2. The van der Waals surface area contributed by atoms with Crippen LogP contribution >= 0.6 is 0 Å². The number of carbonyl (C=O) groups is 1. The fourth-order valence-corrected chi connectivity index (χ4v) is 7.02. The van der Waals surface area contributed by atoms with Gasteiger partial charge >= 0.3 is 5.97 Å². The molecule has 5 aliphatic rings. The van der Waals surface area contributed by atoms with Crippen molar-refractivity contribution in [1.82, 2.24) is 0 Å². The zero-order valence-corrected chi connectivity index (χ0v) is 16.2. The van der Waals surface area contributed by atoms with Crippen molar-refractivity contribution in [2.75, 3.05) is 7.11 Å². The molecule has 3 aliphatic carbocycles. The van der Waals surface area contributed by atoms with Crippen molar-refractivity contribution >= 4 is 5.97 Å². The first-order valence-electron chi connectivity index (χ1n) is 9.91. The summed E-state index contributed by atoms with van der Waals surface area (Å²) in [5.41, 5.74) is 0.0403. The molecule has 2 saturated carbocycles. The highest BCUT2D eigenvalue weighted by molar-refractivity contribution is 5.90. The van der Waals surface area contributed by atoms with Crippen LogP contribution in [0.3, 0.4) is 0 Å². The molecule has 0 radical (unpaired) electrons. The third-order valence-electron chi connectivity index (χ3n) is 7.89. The number of hydrogen-bond acceptors (Lipinski definition) is 4. The molecule has 7 atom stereocenters. The Morgan fingerprint density at radius 1 is 1.36 bits per heavy atom. The Labute approximate surface area is 151 Å². The van der Waals surface area contributed by atoms with Gasteiger partial charge in [-0.15, -0.1) is 0 Å². The van der Waals surface area contributed by atoms with Gasteiger partial charge in [0.25, 0.3) is 0 Å². The molecule has 0 aromatic heterocycles. The number of hydrogen-bond donors (Lipinski definition) is 1. The Morgan fingerprint density at radius 3 is 2.72 bits per heavy atom. The van der Waals surface area contributed by atoms with Gasteiger partial charge in [-0.05, 0) is 54.9 Å². The van der Waals surface area contributed by atoms with E-state index in [-0.39, 0.29) is 23.2 Å². The molecule has 0 aromatic rings. The summed E-state index contributed by atoms with van der Waals surface area (Å²) in [5, 5.41) is 11.9. The third kappa shape index (κ3) is 2.10. The molecular formula is C21H32O4. The van der Waals surface area contributed by atoms with Gasteiger partial charge in [0.1, 0.15) is 0 Å². The zero-order chi connectivity index (χ0) is 18.2. The topological polar surface area (TPSA) is 55.8 Å². The van der Waals surface area contributed by atoms with Crippen LogP contribution in [0.5, 0.6) is 0 Å². The molecule has 0 amide bonds. The average molecular weight is 348 g/mol. The smallest absolute Gasteiger partial charge is 0.334 e. The third-order valence-corrected chi connectivity index (χ3v) is 7.89. The molecule has 4 nitrogen and oxygen atoms in total.